The monoisotopic (exact) mass is 431 g/mol. The molecule has 0 heterocycles. The van der Waals surface area contributed by atoms with E-state index in [0.29, 0.717) is 28.6 Å². The third kappa shape index (κ3) is 8.54. The van der Waals surface area contributed by atoms with Gasteiger partial charge in [0.25, 0.3) is 5.91 Å². The summed E-state index contributed by atoms with van der Waals surface area (Å²) in [6.45, 7) is 0.585. The van der Waals surface area contributed by atoms with Gasteiger partial charge in [0.2, 0.25) is 0 Å². The summed E-state index contributed by atoms with van der Waals surface area (Å²) in [5, 5.41) is 9.87. The van der Waals surface area contributed by atoms with E-state index in [1.165, 1.54) is 0 Å². The molecule has 0 bridgehead atoms. The van der Waals surface area contributed by atoms with E-state index in [-0.39, 0.29) is 41.9 Å². The SMILES string of the molecule is O=C(O)CCCCCCCN(C(=O)c1ccc(Cl)cc1)c1ccc(Cl)cc1.[NaH]. The van der Waals surface area contributed by atoms with E-state index < -0.39 is 5.97 Å². The number of carboxylic acid groups (broad SMARTS) is 1. The van der Waals surface area contributed by atoms with Gasteiger partial charge in [-0.3, -0.25) is 9.59 Å². The number of unbranched alkanes of at least 4 members (excludes halogenated alkanes) is 4. The number of amides is 1. The summed E-state index contributed by atoms with van der Waals surface area (Å²) in [5.41, 5.74) is 1.38. The van der Waals surface area contributed by atoms with E-state index in [2.05, 4.69) is 0 Å². The van der Waals surface area contributed by atoms with Crippen molar-refractivity contribution in [2.45, 2.75) is 38.5 Å². The second-order valence-corrected chi connectivity index (χ2v) is 7.22. The van der Waals surface area contributed by atoms with E-state index in [1.54, 1.807) is 41.3 Å². The van der Waals surface area contributed by atoms with E-state index >= 15 is 0 Å². The zero-order valence-electron chi connectivity index (χ0n) is 15.0. The summed E-state index contributed by atoms with van der Waals surface area (Å²) in [4.78, 5) is 25.2. The van der Waals surface area contributed by atoms with Gasteiger partial charge in [-0.15, -0.1) is 0 Å². The van der Waals surface area contributed by atoms with Crippen molar-refractivity contribution >= 4 is 70.3 Å². The molecule has 0 saturated heterocycles. The minimum absolute atomic E-state index is 0. The molecule has 0 unspecified atom stereocenters. The van der Waals surface area contributed by atoms with Gasteiger partial charge in [-0.05, 0) is 61.4 Å². The van der Waals surface area contributed by atoms with Crippen LogP contribution in [0.15, 0.2) is 48.5 Å². The Kier molecular flexibility index (Phi) is 11.8. The van der Waals surface area contributed by atoms with Crippen LogP contribution in [-0.4, -0.2) is 53.1 Å². The molecule has 0 spiro atoms. The van der Waals surface area contributed by atoms with Gasteiger partial charge >= 0.3 is 35.5 Å². The van der Waals surface area contributed by atoms with Gasteiger partial charge in [-0.25, -0.2) is 0 Å². The Morgan fingerprint density at radius 2 is 1.29 bits per heavy atom. The summed E-state index contributed by atoms with van der Waals surface area (Å²) < 4.78 is 0. The Hall–Kier alpha value is -1.04. The number of anilines is 1. The number of nitrogens with zero attached hydrogens (tertiary/aromatic N) is 1. The third-order valence-corrected chi connectivity index (χ3v) is 4.75. The molecule has 0 radical (unpaired) electrons. The number of rotatable bonds is 10. The van der Waals surface area contributed by atoms with Crippen molar-refractivity contribution in [3.63, 3.8) is 0 Å². The Morgan fingerprint density at radius 3 is 1.86 bits per heavy atom. The van der Waals surface area contributed by atoms with Gasteiger partial charge in [-0.2, -0.15) is 0 Å². The first-order valence-corrected chi connectivity index (χ1v) is 9.78. The molecule has 0 atom stereocenters. The molecule has 0 fully saturated rings. The number of hydrogen-bond donors (Lipinski definition) is 1. The molecule has 0 aliphatic heterocycles. The Labute approximate surface area is 198 Å². The van der Waals surface area contributed by atoms with Crippen molar-refractivity contribution in [3.05, 3.63) is 64.1 Å². The molecule has 1 amide bonds. The van der Waals surface area contributed by atoms with Crippen LogP contribution in [0.2, 0.25) is 10.0 Å². The Morgan fingerprint density at radius 1 is 0.786 bits per heavy atom. The quantitative estimate of drug-likeness (QED) is 0.403. The van der Waals surface area contributed by atoms with Crippen LogP contribution in [0.4, 0.5) is 5.69 Å². The second kappa shape index (κ2) is 13.2. The van der Waals surface area contributed by atoms with E-state index in [1.807, 2.05) is 12.1 Å². The molecular formula is C21H24Cl2NNaO3. The first-order valence-electron chi connectivity index (χ1n) is 9.02. The van der Waals surface area contributed by atoms with E-state index in [4.69, 9.17) is 28.3 Å². The maximum atomic E-state index is 13.0. The number of aliphatic carboxylic acids is 1. The van der Waals surface area contributed by atoms with Gasteiger partial charge < -0.3 is 10.0 Å². The molecule has 146 valence electrons. The van der Waals surface area contributed by atoms with Crippen LogP contribution in [0.3, 0.4) is 0 Å². The standard InChI is InChI=1S/C21H23Cl2NO3.Na.H/c22-17-9-7-16(8-10-17)21(27)24(19-13-11-18(23)12-14-19)15-5-3-1-2-4-6-20(25)26;;/h7-14H,1-6,15H2,(H,25,26);;. The number of halogens is 2. The molecule has 2 aromatic rings. The van der Waals surface area contributed by atoms with Crippen molar-refractivity contribution in [1.82, 2.24) is 0 Å². The van der Waals surface area contributed by atoms with Crippen LogP contribution in [0.5, 0.6) is 0 Å². The van der Waals surface area contributed by atoms with Crippen molar-refractivity contribution in [2.75, 3.05) is 11.4 Å². The Balaban J connectivity index is 0.00000392. The maximum absolute atomic E-state index is 13.0. The molecule has 2 rings (SSSR count). The summed E-state index contributed by atoms with van der Waals surface area (Å²) in [6.07, 6.45) is 4.54. The van der Waals surface area contributed by atoms with Gasteiger partial charge in [0.05, 0.1) is 0 Å². The fourth-order valence-corrected chi connectivity index (χ4v) is 3.05. The zero-order valence-corrected chi connectivity index (χ0v) is 16.5. The van der Waals surface area contributed by atoms with Crippen LogP contribution in [0.25, 0.3) is 0 Å². The third-order valence-electron chi connectivity index (χ3n) is 4.25. The van der Waals surface area contributed by atoms with Crippen LogP contribution in [0, 0.1) is 0 Å². The molecule has 2 aromatic carbocycles. The number of carboxylic acids is 1. The topological polar surface area (TPSA) is 57.6 Å². The average molecular weight is 432 g/mol. The van der Waals surface area contributed by atoms with Crippen molar-refractivity contribution in [2.24, 2.45) is 0 Å². The molecule has 4 nitrogen and oxygen atoms in total. The Bertz CT molecular complexity index is 751. The van der Waals surface area contributed by atoms with Crippen LogP contribution < -0.4 is 4.90 Å². The predicted molar refractivity (Wildman–Crippen MR) is 117 cm³/mol. The van der Waals surface area contributed by atoms with Gasteiger partial charge in [0.1, 0.15) is 0 Å². The normalized spacial score (nSPS) is 10.2. The summed E-state index contributed by atoms with van der Waals surface area (Å²) >= 11 is 11.9. The molecular weight excluding hydrogens is 408 g/mol. The van der Waals surface area contributed by atoms with Gasteiger partial charge in [-0.1, -0.05) is 42.5 Å². The van der Waals surface area contributed by atoms with Crippen molar-refractivity contribution in [1.29, 1.82) is 0 Å². The van der Waals surface area contributed by atoms with E-state index in [0.717, 1.165) is 31.4 Å². The fraction of sp³-hybridized carbons (Fsp3) is 0.333. The fourth-order valence-electron chi connectivity index (χ4n) is 2.79. The molecule has 28 heavy (non-hydrogen) atoms. The van der Waals surface area contributed by atoms with Crippen molar-refractivity contribution in [3.8, 4) is 0 Å². The summed E-state index contributed by atoms with van der Waals surface area (Å²) in [6, 6.07) is 14.1. The molecule has 0 aliphatic carbocycles. The average Bonchev–Trinajstić information content (AvgIpc) is 2.65. The zero-order chi connectivity index (χ0) is 19.6. The van der Waals surface area contributed by atoms with Crippen molar-refractivity contribution < 1.29 is 14.7 Å². The molecule has 0 saturated carbocycles. The first-order chi connectivity index (χ1) is 13.0. The van der Waals surface area contributed by atoms with E-state index in [9.17, 15) is 9.59 Å². The molecule has 0 aromatic heterocycles. The number of carbonyl (C=O) groups excluding carboxylic acids is 1. The van der Waals surface area contributed by atoms with Gasteiger partial charge in [0.15, 0.2) is 0 Å². The molecule has 7 heteroatoms. The predicted octanol–water partition coefficient (Wildman–Crippen LogP) is 5.42. The number of benzene rings is 2. The second-order valence-electron chi connectivity index (χ2n) is 6.35. The van der Waals surface area contributed by atoms with Crippen LogP contribution >= 0.6 is 23.2 Å². The number of hydrogen-bond acceptors (Lipinski definition) is 2. The first kappa shape index (κ1) is 25.0. The van der Waals surface area contributed by atoms with Gasteiger partial charge in [0, 0.05) is 34.3 Å². The number of carbonyl (C=O) groups is 2. The minimum atomic E-state index is -0.752. The molecule has 1 N–H and O–H groups in total. The summed E-state index contributed by atoms with van der Waals surface area (Å²) in [5.74, 6) is -0.836. The van der Waals surface area contributed by atoms with Crippen LogP contribution in [-0.2, 0) is 4.79 Å². The van der Waals surface area contributed by atoms with Crippen LogP contribution in [0.1, 0.15) is 48.9 Å². The summed E-state index contributed by atoms with van der Waals surface area (Å²) in [7, 11) is 0. The molecule has 0 aliphatic rings.